The molecule has 0 spiro atoms. The van der Waals surface area contributed by atoms with Gasteiger partial charge in [-0.2, -0.15) is 0 Å². The predicted octanol–water partition coefficient (Wildman–Crippen LogP) is 3.36. The second-order valence-electron chi connectivity index (χ2n) is 6.46. The second-order valence-corrected chi connectivity index (χ2v) is 6.46. The maximum Gasteiger partial charge on any atom is 0.0442 e. The first-order valence-electron chi connectivity index (χ1n) is 7.10. The van der Waals surface area contributed by atoms with Gasteiger partial charge in [0.25, 0.3) is 0 Å². The molecule has 1 unspecified atom stereocenters. The van der Waals surface area contributed by atoms with E-state index in [9.17, 15) is 0 Å². The minimum absolute atomic E-state index is 0.501. The number of nitrogens with zero attached hydrogens (tertiary/aromatic N) is 1. The lowest BCUT2D eigenvalue weighted by atomic mass is 9.74. The Bertz CT molecular complexity index is 503. The Balaban J connectivity index is 2.07. The van der Waals surface area contributed by atoms with Gasteiger partial charge in [-0.05, 0) is 66.7 Å². The summed E-state index contributed by atoms with van der Waals surface area (Å²) < 4.78 is 0. The van der Waals surface area contributed by atoms with Crippen LogP contribution in [0.5, 0.6) is 0 Å². The van der Waals surface area contributed by atoms with Crippen molar-refractivity contribution in [2.75, 3.05) is 18.0 Å². The highest BCUT2D eigenvalue weighted by Crippen LogP contribution is 2.52. The number of benzene rings is 1. The lowest BCUT2D eigenvalue weighted by Crippen LogP contribution is -2.40. The van der Waals surface area contributed by atoms with Crippen molar-refractivity contribution in [1.82, 2.24) is 0 Å². The molecule has 1 aromatic rings. The lowest BCUT2D eigenvalue weighted by molar-refractivity contribution is 0.408. The summed E-state index contributed by atoms with van der Waals surface area (Å²) in [5.41, 5.74) is 8.79. The van der Waals surface area contributed by atoms with Gasteiger partial charge in [0.1, 0.15) is 0 Å². The average molecular weight is 227 g/mol. The van der Waals surface area contributed by atoms with Crippen molar-refractivity contribution in [1.29, 1.82) is 0 Å². The number of hydrogen-bond donors (Lipinski definition) is 0. The van der Waals surface area contributed by atoms with E-state index in [1.807, 2.05) is 0 Å². The first-order chi connectivity index (χ1) is 8.19. The molecule has 0 bridgehead atoms. The predicted molar refractivity (Wildman–Crippen MR) is 72.0 cm³/mol. The molecule has 0 amide bonds. The fourth-order valence-corrected chi connectivity index (χ4v) is 4.39. The Morgan fingerprint density at radius 2 is 2.06 bits per heavy atom. The maximum absolute atomic E-state index is 2.68. The van der Waals surface area contributed by atoms with E-state index in [0.29, 0.717) is 5.41 Å². The lowest BCUT2D eigenvalue weighted by Gasteiger charge is -2.44. The van der Waals surface area contributed by atoms with Crippen LogP contribution in [-0.2, 0) is 18.3 Å². The fraction of sp³-hybridized carbons (Fsp3) is 0.625. The van der Waals surface area contributed by atoms with Crippen LogP contribution in [0, 0.1) is 6.92 Å². The molecule has 4 rings (SSSR count). The number of anilines is 1. The van der Waals surface area contributed by atoms with Gasteiger partial charge in [-0.25, -0.2) is 0 Å². The molecule has 1 nitrogen and oxygen atoms in total. The van der Waals surface area contributed by atoms with E-state index in [2.05, 4.69) is 24.8 Å². The number of hydrogen-bond acceptors (Lipinski definition) is 1. The van der Waals surface area contributed by atoms with Crippen LogP contribution in [0.15, 0.2) is 6.07 Å². The Morgan fingerprint density at radius 1 is 1.18 bits per heavy atom. The summed E-state index contributed by atoms with van der Waals surface area (Å²) in [6.07, 6.45) is 6.72. The molecule has 1 aliphatic carbocycles. The minimum atomic E-state index is 0.501. The molecular formula is C16H21N. The van der Waals surface area contributed by atoms with Crippen LogP contribution in [0.3, 0.4) is 0 Å². The van der Waals surface area contributed by atoms with Gasteiger partial charge in [-0.15, -0.1) is 0 Å². The fourth-order valence-electron chi connectivity index (χ4n) is 4.39. The van der Waals surface area contributed by atoms with Gasteiger partial charge in [-0.1, -0.05) is 13.0 Å². The summed E-state index contributed by atoms with van der Waals surface area (Å²) >= 11 is 0. The maximum atomic E-state index is 2.68. The monoisotopic (exact) mass is 227 g/mol. The van der Waals surface area contributed by atoms with Gasteiger partial charge in [0, 0.05) is 18.8 Å². The molecule has 1 heteroatoms. The van der Waals surface area contributed by atoms with Gasteiger partial charge in [0.2, 0.25) is 0 Å². The summed E-state index contributed by atoms with van der Waals surface area (Å²) in [5.74, 6) is 0. The van der Waals surface area contributed by atoms with Gasteiger partial charge < -0.3 is 4.90 Å². The van der Waals surface area contributed by atoms with Crippen LogP contribution in [0.25, 0.3) is 0 Å². The molecule has 0 radical (unpaired) electrons. The van der Waals surface area contributed by atoms with Crippen molar-refractivity contribution in [3.8, 4) is 0 Å². The van der Waals surface area contributed by atoms with E-state index >= 15 is 0 Å². The van der Waals surface area contributed by atoms with E-state index in [0.717, 1.165) is 0 Å². The van der Waals surface area contributed by atoms with Crippen molar-refractivity contribution in [2.45, 2.75) is 51.4 Å². The Labute approximate surface area is 104 Å². The first kappa shape index (κ1) is 9.99. The average Bonchev–Trinajstić information content (AvgIpc) is 2.67. The molecule has 1 atom stereocenters. The van der Waals surface area contributed by atoms with E-state index < -0.39 is 0 Å². The highest BCUT2D eigenvalue weighted by molar-refractivity contribution is 5.71. The standard InChI is InChI=1S/C16H21N/c1-11-10-12-5-6-16(2)7-9-17-8-3-4-13(11)15(17)14(12)16/h10H,3-9H2,1-2H3. The molecule has 1 aromatic carbocycles. The third-order valence-electron chi connectivity index (χ3n) is 5.36. The van der Waals surface area contributed by atoms with E-state index in [1.165, 1.54) is 45.2 Å². The van der Waals surface area contributed by atoms with Crippen molar-refractivity contribution in [2.24, 2.45) is 0 Å². The molecule has 17 heavy (non-hydrogen) atoms. The van der Waals surface area contributed by atoms with Gasteiger partial charge in [0.15, 0.2) is 0 Å². The van der Waals surface area contributed by atoms with Crippen molar-refractivity contribution in [3.05, 3.63) is 28.3 Å². The largest absolute Gasteiger partial charge is 0.371 e. The normalized spacial score (nSPS) is 29.4. The van der Waals surface area contributed by atoms with Crippen molar-refractivity contribution < 1.29 is 0 Å². The highest BCUT2D eigenvalue weighted by Gasteiger charge is 2.42. The first-order valence-corrected chi connectivity index (χ1v) is 7.10. The van der Waals surface area contributed by atoms with Gasteiger partial charge in [-0.3, -0.25) is 0 Å². The second kappa shape index (κ2) is 3.07. The van der Waals surface area contributed by atoms with Crippen molar-refractivity contribution in [3.63, 3.8) is 0 Å². The molecule has 90 valence electrons. The quantitative estimate of drug-likeness (QED) is 0.657. The molecule has 0 saturated heterocycles. The molecular weight excluding hydrogens is 206 g/mol. The van der Waals surface area contributed by atoms with Crippen LogP contribution in [0.1, 0.15) is 48.4 Å². The zero-order chi connectivity index (χ0) is 11.6. The Kier molecular flexibility index (Phi) is 1.80. The van der Waals surface area contributed by atoms with Crippen LogP contribution < -0.4 is 4.90 Å². The van der Waals surface area contributed by atoms with Crippen LogP contribution in [0.4, 0.5) is 5.69 Å². The molecule has 0 aromatic heterocycles. The number of aryl methyl sites for hydroxylation is 2. The topological polar surface area (TPSA) is 3.24 Å². The Morgan fingerprint density at radius 3 is 2.94 bits per heavy atom. The highest BCUT2D eigenvalue weighted by atomic mass is 15.1. The summed E-state index contributed by atoms with van der Waals surface area (Å²) in [6.45, 7) is 7.40. The summed E-state index contributed by atoms with van der Waals surface area (Å²) in [7, 11) is 0. The number of rotatable bonds is 0. The van der Waals surface area contributed by atoms with Crippen LogP contribution >= 0.6 is 0 Å². The third-order valence-corrected chi connectivity index (χ3v) is 5.36. The summed E-state index contributed by atoms with van der Waals surface area (Å²) in [5, 5.41) is 0. The zero-order valence-electron chi connectivity index (χ0n) is 11.0. The van der Waals surface area contributed by atoms with E-state index in [-0.39, 0.29) is 0 Å². The molecule has 0 saturated carbocycles. The SMILES string of the molecule is Cc1cc2c3c4c1CCCN4CCC3(C)CC2. The summed E-state index contributed by atoms with van der Waals surface area (Å²) in [4.78, 5) is 2.68. The van der Waals surface area contributed by atoms with Crippen molar-refractivity contribution >= 4 is 5.69 Å². The summed E-state index contributed by atoms with van der Waals surface area (Å²) in [6, 6.07) is 2.49. The zero-order valence-corrected chi connectivity index (χ0v) is 11.0. The molecule has 0 fully saturated rings. The van der Waals surface area contributed by atoms with Crippen LogP contribution in [-0.4, -0.2) is 13.1 Å². The molecule has 0 N–H and O–H groups in total. The van der Waals surface area contributed by atoms with Gasteiger partial charge in [0.05, 0.1) is 0 Å². The smallest absolute Gasteiger partial charge is 0.0442 e. The van der Waals surface area contributed by atoms with E-state index in [1.54, 1.807) is 27.9 Å². The Hall–Kier alpha value is -0.980. The minimum Gasteiger partial charge on any atom is -0.371 e. The third kappa shape index (κ3) is 1.15. The molecule has 2 heterocycles. The molecule has 2 aliphatic heterocycles. The molecule has 3 aliphatic rings. The van der Waals surface area contributed by atoms with Gasteiger partial charge >= 0.3 is 0 Å². The van der Waals surface area contributed by atoms with Crippen LogP contribution in [0.2, 0.25) is 0 Å². The van der Waals surface area contributed by atoms with E-state index in [4.69, 9.17) is 0 Å².